The number of benzene rings is 1. The fourth-order valence-corrected chi connectivity index (χ4v) is 4.06. The Bertz CT molecular complexity index is 1180. The summed E-state index contributed by atoms with van der Waals surface area (Å²) in [5.74, 6) is -4.88. The van der Waals surface area contributed by atoms with Gasteiger partial charge in [-0.05, 0) is 33.8 Å². The third-order valence-corrected chi connectivity index (χ3v) is 5.67. The lowest BCUT2D eigenvalue weighted by Gasteiger charge is -2.29. The second-order valence-corrected chi connectivity index (χ2v) is 9.68. The van der Waals surface area contributed by atoms with Gasteiger partial charge in [0.1, 0.15) is 11.6 Å². The van der Waals surface area contributed by atoms with Crippen molar-refractivity contribution in [3.8, 4) is 0 Å². The Morgan fingerprint density at radius 3 is 2.54 bits per heavy atom. The number of ether oxygens (including phenoxy) is 1. The van der Waals surface area contributed by atoms with Crippen LogP contribution in [0.15, 0.2) is 40.0 Å². The molecule has 0 radical (unpaired) electrons. The number of aromatic nitrogens is 1. The summed E-state index contributed by atoms with van der Waals surface area (Å²) >= 11 is 1.21. The van der Waals surface area contributed by atoms with Crippen molar-refractivity contribution < 1.29 is 32.6 Å². The predicted molar refractivity (Wildman–Crippen MR) is 123 cm³/mol. The highest BCUT2D eigenvalue weighted by atomic mass is 32.1. The standard InChI is InChI=1S/C23H25F3N4O4S/c1-11(32)16-15(9-12(10-31)28-22(33)34-23(2,3)4)29-20(21-27-7-8-35-21)30-19(16)13-5-6-14(24)18(26)17(13)25/h5-8,12,19,31H,9-10H2,1-4H3,(H,28,33)(H,29,30)/t12-,19-/m0/s1. The highest BCUT2D eigenvalue weighted by Crippen LogP contribution is 2.36. The van der Waals surface area contributed by atoms with Crippen molar-refractivity contribution in [3.05, 3.63) is 63.0 Å². The minimum Gasteiger partial charge on any atom is -0.444 e. The van der Waals surface area contributed by atoms with Crippen molar-refractivity contribution in [2.45, 2.75) is 51.8 Å². The van der Waals surface area contributed by atoms with E-state index in [1.807, 2.05) is 0 Å². The molecule has 0 fully saturated rings. The third-order valence-electron chi connectivity index (χ3n) is 4.89. The van der Waals surface area contributed by atoms with Crippen LogP contribution in [0.3, 0.4) is 0 Å². The van der Waals surface area contributed by atoms with Crippen molar-refractivity contribution in [2.24, 2.45) is 4.99 Å². The number of rotatable bonds is 7. The first-order valence-electron chi connectivity index (χ1n) is 10.6. The average molecular weight is 511 g/mol. The fraction of sp³-hybridized carbons (Fsp3) is 0.391. The molecule has 2 aromatic rings. The van der Waals surface area contributed by atoms with Crippen LogP contribution in [0.2, 0.25) is 0 Å². The molecule has 0 bridgehead atoms. The molecule has 1 aliphatic heterocycles. The number of nitrogens with zero attached hydrogens (tertiary/aromatic N) is 2. The van der Waals surface area contributed by atoms with E-state index in [1.165, 1.54) is 24.5 Å². The number of thiazole rings is 1. The maximum Gasteiger partial charge on any atom is 0.407 e. The largest absolute Gasteiger partial charge is 0.444 e. The van der Waals surface area contributed by atoms with Gasteiger partial charge < -0.3 is 20.5 Å². The van der Waals surface area contributed by atoms with E-state index in [0.717, 1.165) is 12.1 Å². The predicted octanol–water partition coefficient (Wildman–Crippen LogP) is 3.77. The number of aliphatic hydroxyl groups excluding tert-OH is 1. The number of ketones is 1. The van der Waals surface area contributed by atoms with Gasteiger partial charge in [0.05, 0.1) is 12.6 Å². The zero-order valence-corrected chi connectivity index (χ0v) is 20.3. The number of hydrogen-bond acceptors (Lipinski definition) is 8. The number of aliphatic imine (C=N–C) groups is 1. The van der Waals surface area contributed by atoms with Gasteiger partial charge >= 0.3 is 6.09 Å². The number of carbonyl (C=O) groups is 2. The highest BCUT2D eigenvalue weighted by Gasteiger charge is 2.34. The first kappa shape index (κ1) is 26.4. The van der Waals surface area contributed by atoms with Crippen LogP contribution >= 0.6 is 11.3 Å². The number of Topliss-reactive ketones (excluding diaryl/α,β-unsaturated/α-hetero) is 1. The number of amidine groups is 1. The van der Waals surface area contributed by atoms with Crippen LogP contribution in [0, 0.1) is 17.5 Å². The Kier molecular flexibility index (Phi) is 7.96. The summed E-state index contributed by atoms with van der Waals surface area (Å²) in [6, 6.07) is -0.436. The number of amides is 1. The van der Waals surface area contributed by atoms with E-state index in [9.17, 15) is 27.9 Å². The van der Waals surface area contributed by atoms with Gasteiger partial charge in [-0.1, -0.05) is 6.07 Å². The molecule has 0 saturated heterocycles. The Balaban J connectivity index is 2.06. The molecule has 3 rings (SSSR count). The van der Waals surface area contributed by atoms with Gasteiger partial charge in [-0.15, -0.1) is 11.3 Å². The molecule has 2 heterocycles. The van der Waals surface area contributed by atoms with E-state index in [4.69, 9.17) is 4.74 Å². The molecule has 8 nitrogen and oxygen atoms in total. The summed E-state index contributed by atoms with van der Waals surface area (Å²) in [5.41, 5.74) is -0.943. The molecule has 1 amide bonds. The lowest BCUT2D eigenvalue weighted by atomic mass is 9.90. The van der Waals surface area contributed by atoms with E-state index in [-0.39, 0.29) is 29.1 Å². The zero-order valence-electron chi connectivity index (χ0n) is 19.5. The normalized spacial score (nSPS) is 16.9. The Morgan fingerprint density at radius 1 is 1.26 bits per heavy atom. The first-order valence-corrected chi connectivity index (χ1v) is 11.5. The molecule has 0 unspecified atom stereocenters. The SMILES string of the molecule is CC(=O)C1=C(C[C@@H](CO)NC(=O)OC(C)(C)C)NC(c2nccs2)=N[C@H]1c1ccc(F)c(F)c1F. The number of aliphatic hydroxyl groups is 1. The Hall–Kier alpha value is -3.25. The van der Waals surface area contributed by atoms with Crippen LogP contribution in [0.4, 0.5) is 18.0 Å². The van der Waals surface area contributed by atoms with Gasteiger partial charge in [-0.25, -0.2) is 22.9 Å². The van der Waals surface area contributed by atoms with Crippen molar-refractivity contribution in [3.63, 3.8) is 0 Å². The molecule has 1 aliphatic rings. The molecule has 0 spiro atoms. The van der Waals surface area contributed by atoms with Crippen molar-refractivity contribution >= 4 is 29.0 Å². The molecule has 35 heavy (non-hydrogen) atoms. The van der Waals surface area contributed by atoms with Gasteiger partial charge in [0, 0.05) is 34.8 Å². The minimum absolute atomic E-state index is 0.0281. The van der Waals surface area contributed by atoms with E-state index in [1.54, 1.807) is 26.2 Å². The van der Waals surface area contributed by atoms with Crippen LogP contribution in [-0.2, 0) is 9.53 Å². The molecule has 0 saturated carbocycles. The van der Waals surface area contributed by atoms with Crippen LogP contribution < -0.4 is 10.6 Å². The van der Waals surface area contributed by atoms with Crippen LogP contribution in [0.1, 0.15) is 50.7 Å². The summed E-state index contributed by atoms with van der Waals surface area (Å²) in [6.07, 6.45) is 0.632. The Labute approximate surface area is 203 Å². The van der Waals surface area contributed by atoms with E-state index in [0.29, 0.717) is 5.01 Å². The van der Waals surface area contributed by atoms with Crippen LogP contribution in [0.5, 0.6) is 0 Å². The van der Waals surface area contributed by atoms with Gasteiger partial charge in [0.2, 0.25) is 0 Å². The smallest absolute Gasteiger partial charge is 0.407 e. The second-order valence-electron chi connectivity index (χ2n) is 8.79. The van der Waals surface area contributed by atoms with E-state index >= 15 is 0 Å². The number of nitrogens with one attached hydrogen (secondary N) is 2. The number of halogens is 3. The van der Waals surface area contributed by atoms with Gasteiger partial charge in [0.25, 0.3) is 0 Å². The Morgan fingerprint density at radius 2 is 1.97 bits per heavy atom. The molecule has 188 valence electrons. The summed E-state index contributed by atoms with van der Waals surface area (Å²) < 4.78 is 47.6. The third kappa shape index (κ3) is 6.25. The maximum atomic E-state index is 14.8. The van der Waals surface area contributed by atoms with Gasteiger partial charge in [-0.3, -0.25) is 9.79 Å². The molecule has 1 aromatic carbocycles. The number of alkyl carbamates (subject to hydrolysis) is 1. The quantitative estimate of drug-likeness (QED) is 0.489. The lowest BCUT2D eigenvalue weighted by molar-refractivity contribution is -0.114. The van der Waals surface area contributed by atoms with Crippen molar-refractivity contribution in [2.75, 3.05) is 6.61 Å². The second kappa shape index (κ2) is 10.6. The summed E-state index contributed by atoms with van der Waals surface area (Å²) in [5, 5.41) is 17.5. The molecule has 12 heteroatoms. The highest BCUT2D eigenvalue weighted by molar-refractivity contribution is 7.11. The van der Waals surface area contributed by atoms with Crippen molar-refractivity contribution in [1.29, 1.82) is 0 Å². The van der Waals surface area contributed by atoms with Crippen LogP contribution in [-0.4, -0.2) is 46.1 Å². The molecular formula is C23H25F3N4O4S. The summed E-state index contributed by atoms with van der Waals surface area (Å²) in [6.45, 7) is 5.75. The molecule has 2 atom stereocenters. The first-order chi connectivity index (χ1) is 16.4. The van der Waals surface area contributed by atoms with Gasteiger partial charge in [-0.2, -0.15) is 0 Å². The van der Waals surface area contributed by atoms with Crippen LogP contribution in [0.25, 0.3) is 0 Å². The number of carbonyl (C=O) groups excluding carboxylic acids is 2. The molecule has 3 N–H and O–H groups in total. The van der Waals surface area contributed by atoms with Gasteiger partial charge in [0.15, 0.2) is 34.1 Å². The molecule has 0 aliphatic carbocycles. The minimum atomic E-state index is -1.68. The summed E-state index contributed by atoms with van der Waals surface area (Å²) in [7, 11) is 0. The molecular weight excluding hydrogens is 485 g/mol. The van der Waals surface area contributed by atoms with E-state index in [2.05, 4.69) is 20.6 Å². The molecule has 1 aromatic heterocycles. The monoisotopic (exact) mass is 510 g/mol. The zero-order chi connectivity index (χ0) is 25.9. The van der Waals surface area contributed by atoms with E-state index < -0.39 is 53.6 Å². The summed E-state index contributed by atoms with van der Waals surface area (Å²) in [4.78, 5) is 33.5. The lowest BCUT2D eigenvalue weighted by Crippen LogP contribution is -2.43. The topological polar surface area (TPSA) is 113 Å². The maximum absolute atomic E-state index is 14.8. The van der Waals surface area contributed by atoms with Crippen molar-refractivity contribution in [1.82, 2.24) is 15.6 Å². The number of hydrogen-bond donors (Lipinski definition) is 3. The fourth-order valence-electron chi connectivity index (χ4n) is 3.48. The average Bonchev–Trinajstić information content (AvgIpc) is 3.30.